The third-order valence-electron chi connectivity index (χ3n) is 4.76. The Bertz CT molecular complexity index is 666. The van der Waals surface area contributed by atoms with E-state index in [0.717, 1.165) is 12.0 Å². The number of carbonyl (C=O) groups excluding carboxylic acids is 1. The number of hydrogen-bond donors (Lipinski definition) is 0. The monoisotopic (exact) mass is 264 g/mol. The van der Waals surface area contributed by atoms with Crippen LogP contribution in [-0.4, -0.2) is 18.0 Å². The Kier molecular flexibility index (Phi) is 2.39. The lowest BCUT2D eigenvalue weighted by atomic mass is 9.67. The third kappa shape index (κ3) is 1.40. The maximum atomic E-state index is 12.0. The predicted octanol–water partition coefficient (Wildman–Crippen LogP) is 3.11. The first-order valence-corrected chi connectivity index (χ1v) is 7.04. The molecule has 0 spiro atoms. The molecule has 2 nitrogen and oxygen atoms in total. The van der Waals surface area contributed by atoms with Crippen LogP contribution >= 0.6 is 0 Å². The summed E-state index contributed by atoms with van der Waals surface area (Å²) in [6.07, 6.45) is 8.32. The Morgan fingerprint density at radius 3 is 2.80 bits per heavy atom. The normalized spacial score (nSPS) is 34.5. The minimum Gasteiger partial charge on any atom is -0.357 e. The molecule has 2 aliphatic heterocycles. The molecule has 100 valence electrons. The molecule has 1 aromatic carbocycles. The van der Waals surface area contributed by atoms with Gasteiger partial charge in [-0.2, -0.15) is 0 Å². The molecular formula is C18H16O2. The van der Waals surface area contributed by atoms with Gasteiger partial charge >= 0.3 is 0 Å². The topological polar surface area (TPSA) is 26.3 Å². The first-order valence-electron chi connectivity index (χ1n) is 7.04. The van der Waals surface area contributed by atoms with Crippen molar-refractivity contribution >= 4 is 5.78 Å². The summed E-state index contributed by atoms with van der Waals surface area (Å²) in [4.78, 5) is 12.0. The molecule has 2 heterocycles. The molecule has 3 aliphatic rings. The van der Waals surface area contributed by atoms with Gasteiger partial charge in [0, 0.05) is 5.41 Å². The summed E-state index contributed by atoms with van der Waals surface area (Å²) in [7, 11) is 0. The number of allylic oxidation sites excluding steroid dienone is 2. The van der Waals surface area contributed by atoms with Gasteiger partial charge in [-0.15, -0.1) is 0 Å². The van der Waals surface area contributed by atoms with Crippen LogP contribution in [0.15, 0.2) is 65.8 Å². The zero-order chi connectivity index (χ0) is 13.7. The molecule has 0 radical (unpaired) electrons. The minimum absolute atomic E-state index is 0.0749. The maximum absolute atomic E-state index is 12.0. The fraction of sp³-hybridized carbons (Fsp3) is 0.278. The van der Waals surface area contributed by atoms with Crippen LogP contribution in [0.5, 0.6) is 0 Å². The average Bonchev–Trinajstić information content (AvgIpc) is 2.98. The largest absolute Gasteiger partial charge is 0.357 e. The second-order valence-electron chi connectivity index (χ2n) is 5.81. The fourth-order valence-corrected chi connectivity index (χ4v) is 3.64. The van der Waals surface area contributed by atoms with E-state index in [1.54, 1.807) is 6.08 Å². The predicted molar refractivity (Wildman–Crippen MR) is 77.4 cm³/mol. The van der Waals surface area contributed by atoms with Gasteiger partial charge in [0.2, 0.25) is 0 Å². The molecule has 1 unspecified atom stereocenters. The number of ether oxygens (including phenoxy) is 1. The van der Waals surface area contributed by atoms with Crippen molar-refractivity contribution in [3.8, 4) is 0 Å². The molecule has 1 aromatic rings. The summed E-state index contributed by atoms with van der Waals surface area (Å²) >= 11 is 0. The third-order valence-corrected chi connectivity index (χ3v) is 4.76. The summed E-state index contributed by atoms with van der Waals surface area (Å²) in [6.45, 7) is 2.22. The molecule has 0 fully saturated rings. The van der Waals surface area contributed by atoms with Gasteiger partial charge in [0.15, 0.2) is 5.78 Å². The second kappa shape index (κ2) is 4.03. The highest BCUT2D eigenvalue weighted by Crippen LogP contribution is 2.49. The number of fused-ring (bicyclic) bond motifs is 3. The number of carbonyl (C=O) groups is 1. The molecule has 20 heavy (non-hydrogen) atoms. The van der Waals surface area contributed by atoms with E-state index in [0.29, 0.717) is 0 Å². The molecule has 3 atom stereocenters. The van der Waals surface area contributed by atoms with Crippen molar-refractivity contribution in [2.45, 2.75) is 31.0 Å². The van der Waals surface area contributed by atoms with Crippen LogP contribution in [0.3, 0.4) is 0 Å². The lowest BCUT2D eigenvalue weighted by Gasteiger charge is -2.46. The van der Waals surface area contributed by atoms with Crippen LogP contribution in [0, 0.1) is 0 Å². The van der Waals surface area contributed by atoms with Crippen molar-refractivity contribution in [3.05, 3.63) is 71.3 Å². The zero-order valence-corrected chi connectivity index (χ0v) is 11.4. The lowest BCUT2D eigenvalue weighted by molar-refractivity contribution is -0.130. The molecule has 2 heteroatoms. The Hall–Kier alpha value is -1.93. The number of hydrogen-bond acceptors (Lipinski definition) is 2. The van der Waals surface area contributed by atoms with Crippen molar-refractivity contribution in [3.63, 3.8) is 0 Å². The minimum atomic E-state index is -0.369. The summed E-state index contributed by atoms with van der Waals surface area (Å²) in [5.41, 5.74) is 3.43. The van der Waals surface area contributed by atoms with Crippen LogP contribution in [0.2, 0.25) is 0 Å². The number of benzene rings is 1. The van der Waals surface area contributed by atoms with Gasteiger partial charge < -0.3 is 4.74 Å². The molecule has 0 saturated carbocycles. The Morgan fingerprint density at radius 1 is 1.20 bits per heavy atom. The molecule has 0 N–H and O–H groups in total. The summed E-state index contributed by atoms with van der Waals surface area (Å²) in [5.74, 6) is 0.0764. The van der Waals surface area contributed by atoms with Crippen LogP contribution in [0.4, 0.5) is 0 Å². The number of ketones is 1. The van der Waals surface area contributed by atoms with E-state index < -0.39 is 0 Å². The van der Waals surface area contributed by atoms with Crippen LogP contribution in [0.1, 0.15) is 18.9 Å². The van der Waals surface area contributed by atoms with Crippen molar-refractivity contribution in [2.24, 2.45) is 0 Å². The van der Waals surface area contributed by atoms with E-state index in [1.165, 1.54) is 11.1 Å². The highest BCUT2D eigenvalue weighted by atomic mass is 16.5. The first-order chi connectivity index (χ1) is 9.71. The van der Waals surface area contributed by atoms with Gasteiger partial charge in [-0.25, -0.2) is 0 Å². The second-order valence-corrected chi connectivity index (χ2v) is 5.81. The van der Waals surface area contributed by atoms with Crippen LogP contribution in [-0.2, 0) is 14.9 Å². The van der Waals surface area contributed by atoms with Crippen LogP contribution in [0.25, 0.3) is 0 Å². The Labute approximate surface area is 118 Å². The van der Waals surface area contributed by atoms with Crippen molar-refractivity contribution < 1.29 is 9.53 Å². The standard InChI is InChI=1S/C18H16O2/c1-18(12-6-3-2-4-7-12)14-9-5-8-13(14)17-15(19)10-11-16(18)20-17/h2-7,9-11,16-17H,8H2,1H3/t16-,17-,18?/m1/s1. The van der Waals surface area contributed by atoms with E-state index in [4.69, 9.17) is 4.74 Å². The molecule has 4 rings (SSSR count). The van der Waals surface area contributed by atoms with E-state index in [9.17, 15) is 4.79 Å². The zero-order valence-electron chi connectivity index (χ0n) is 11.4. The van der Waals surface area contributed by atoms with Gasteiger partial charge in [0.05, 0.1) is 6.10 Å². The Balaban J connectivity index is 1.95. The molecule has 0 saturated heterocycles. The summed E-state index contributed by atoms with van der Waals surface area (Å²) in [5, 5.41) is 0. The van der Waals surface area contributed by atoms with Crippen molar-refractivity contribution in [2.75, 3.05) is 0 Å². The smallest absolute Gasteiger partial charge is 0.188 e. The average molecular weight is 264 g/mol. The molecule has 0 aromatic heterocycles. The quantitative estimate of drug-likeness (QED) is 0.779. The van der Waals surface area contributed by atoms with Gasteiger partial charge in [-0.05, 0) is 36.1 Å². The van der Waals surface area contributed by atoms with E-state index in [1.807, 2.05) is 12.1 Å². The molecule has 1 aliphatic carbocycles. The van der Waals surface area contributed by atoms with Gasteiger partial charge in [0.25, 0.3) is 0 Å². The molecule has 2 bridgehead atoms. The summed E-state index contributed by atoms with van der Waals surface area (Å²) < 4.78 is 6.08. The van der Waals surface area contributed by atoms with Crippen molar-refractivity contribution in [1.29, 1.82) is 0 Å². The SMILES string of the molecule is CC1(c2ccccc2)C2=C(CC=C2)[C@H]2O[C@@H]1C=CC2=O. The first kappa shape index (κ1) is 11.9. The molecular weight excluding hydrogens is 248 g/mol. The van der Waals surface area contributed by atoms with E-state index in [2.05, 4.69) is 43.3 Å². The highest BCUT2D eigenvalue weighted by Gasteiger charge is 2.49. The fourth-order valence-electron chi connectivity index (χ4n) is 3.64. The van der Waals surface area contributed by atoms with Crippen LogP contribution < -0.4 is 0 Å². The van der Waals surface area contributed by atoms with E-state index in [-0.39, 0.29) is 23.4 Å². The molecule has 0 amide bonds. The van der Waals surface area contributed by atoms with E-state index >= 15 is 0 Å². The lowest BCUT2D eigenvalue weighted by Crippen LogP contribution is -2.50. The highest BCUT2D eigenvalue weighted by molar-refractivity contribution is 5.97. The van der Waals surface area contributed by atoms with Gasteiger partial charge in [0.1, 0.15) is 6.10 Å². The van der Waals surface area contributed by atoms with Gasteiger partial charge in [-0.1, -0.05) is 48.6 Å². The maximum Gasteiger partial charge on any atom is 0.188 e. The Morgan fingerprint density at radius 2 is 2.00 bits per heavy atom. The summed E-state index contributed by atoms with van der Waals surface area (Å²) in [6, 6.07) is 10.4. The van der Waals surface area contributed by atoms with Crippen molar-refractivity contribution in [1.82, 2.24) is 0 Å². The van der Waals surface area contributed by atoms with Gasteiger partial charge in [-0.3, -0.25) is 4.79 Å². The number of rotatable bonds is 1.